The summed E-state index contributed by atoms with van der Waals surface area (Å²) >= 11 is 5.81. The highest BCUT2D eigenvalue weighted by molar-refractivity contribution is 7.89. The molecule has 0 radical (unpaired) electrons. The summed E-state index contributed by atoms with van der Waals surface area (Å²) in [5.74, 6) is 0. The first-order chi connectivity index (χ1) is 8.71. The van der Waals surface area contributed by atoms with E-state index in [1.807, 2.05) is 0 Å². The van der Waals surface area contributed by atoms with Crippen LogP contribution in [0, 0.1) is 10.1 Å². The standard InChI is InChI=1S/C10H14ClN3O4S/c1-7(6-12)13(2)19(17,18)10-4-3-8(14(15)16)5-9(10)11/h3-5,7H,6,12H2,1-2H3. The first kappa shape index (κ1) is 15.8. The molecule has 19 heavy (non-hydrogen) atoms. The molecule has 7 nitrogen and oxygen atoms in total. The summed E-state index contributed by atoms with van der Waals surface area (Å²) in [5, 5.41) is 10.4. The van der Waals surface area contributed by atoms with Crippen LogP contribution >= 0.6 is 11.6 Å². The third kappa shape index (κ3) is 3.21. The number of benzene rings is 1. The van der Waals surface area contributed by atoms with Gasteiger partial charge < -0.3 is 5.73 Å². The Balaban J connectivity index is 3.27. The number of nitro groups is 1. The Hall–Kier alpha value is -1.22. The van der Waals surface area contributed by atoms with Crippen LogP contribution in [0.5, 0.6) is 0 Å². The van der Waals surface area contributed by atoms with Gasteiger partial charge in [-0.05, 0) is 13.0 Å². The van der Waals surface area contributed by atoms with E-state index in [9.17, 15) is 18.5 Å². The predicted octanol–water partition coefficient (Wildman–Crippen LogP) is 1.22. The average molecular weight is 308 g/mol. The number of nitrogens with two attached hydrogens (primary N) is 1. The van der Waals surface area contributed by atoms with Gasteiger partial charge in [-0.3, -0.25) is 10.1 Å². The minimum Gasteiger partial charge on any atom is -0.329 e. The second-order valence-electron chi connectivity index (χ2n) is 3.98. The molecule has 0 heterocycles. The fourth-order valence-electron chi connectivity index (χ4n) is 1.35. The number of rotatable bonds is 5. The Morgan fingerprint density at radius 2 is 2.11 bits per heavy atom. The molecule has 0 fully saturated rings. The molecule has 9 heteroatoms. The number of nitrogens with zero attached hydrogens (tertiary/aromatic N) is 2. The summed E-state index contributed by atoms with van der Waals surface area (Å²) in [5.41, 5.74) is 5.16. The van der Waals surface area contributed by atoms with Crippen molar-refractivity contribution in [2.24, 2.45) is 5.73 Å². The van der Waals surface area contributed by atoms with E-state index in [-0.39, 0.29) is 22.2 Å². The van der Waals surface area contributed by atoms with Crippen molar-refractivity contribution in [2.75, 3.05) is 13.6 Å². The van der Waals surface area contributed by atoms with Crippen LogP contribution in [0.15, 0.2) is 23.1 Å². The first-order valence-electron chi connectivity index (χ1n) is 5.34. The molecule has 106 valence electrons. The average Bonchev–Trinajstić information content (AvgIpc) is 2.36. The number of hydrogen-bond acceptors (Lipinski definition) is 5. The van der Waals surface area contributed by atoms with E-state index >= 15 is 0 Å². The quantitative estimate of drug-likeness (QED) is 0.650. The third-order valence-electron chi connectivity index (χ3n) is 2.75. The number of sulfonamides is 1. The van der Waals surface area contributed by atoms with Gasteiger partial charge in [0.25, 0.3) is 5.69 Å². The number of likely N-dealkylation sites (N-methyl/N-ethyl adjacent to an activating group) is 1. The highest BCUT2D eigenvalue weighted by atomic mass is 35.5. The number of hydrogen-bond donors (Lipinski definition) is 1. The molecular weight excluding hydrogens is 294 g/mol. The molecule has 0 saturated carbocycles. The van der Waals surface area contributed by atoms with E-state index in [2.05, 4.69) is 0 Å². The van der Waals surface area contributed by atoms with Gasteiger partial charge in [-0.25, -0.2) is 8.42 Å². The molecule has 0 aliphatic heterocycles. The van der Waals surface area contributed by atoms with Crippen LogP contribution < -0.4 is 5.73 Å². The van der Waals surface area contributed by atoms with Crippen LogP contribution in [0.25, 0.3) is 0 Å². The Morgan fingerprint density at radius 3 is 2.53 bits per heavy atom. The van der Waals surface area contributed by atoms with Gasteiger partial charge in [0, 0.05) is 31.8 Å². The molecule has 0 bridgehead atoms. The molecule has 1 aromatic carbocycles. The Morgan fingerprint density at radius 1 is 1.53 bits per heavy atom. The molecule has 0 spiro atoms. The topological polar surface area (TPSA) is 107 Å². The molecule has 1 unspecified atom stereocenters. The predicted molar refractivity (Wildman–Crippen MR) is 71.6 cm³/mol. The fourth-order valence-corrected chi connectivity index (χ4v) is 3.24. The lowest BCUT2D eigenvalue weighted by molar-refractivity contribution is -0.384. The number of non-ortho nitro benzene ring substituents is 1. The Kier molecular flexibility index (Phi) is 4.86. The summed E-state index contributed by atoms with van der Waals surface area (Å²) < 4.78 is 25.6. The summed E-state index contributed by atoms with van der Waals surface area (Å²) in [6.45, 7) is 1.80. The molecule has 0 aromatic heterocycles. The zero-order chi connectivity index (χ0) is 14.8. The minimum absolute atomic E-state index is 0.153. The minimum atomic E-state index is -3.82. The summed E-state index contributed by atoms with van der Waals surface area (Å²) in [4.78, 5) is 9.75. The Labute approximate surface area is 116 Å². The van der Waals surface area contributed by atoms with Gasteiger partial charge in [-0.2, -0.15) is 4.31 Å². The molecular formula is C10H14ClN3O4S. The van der Waals surface area contributed by atoms with Crippen molar-refractivity contribution >= 4 is 27.3 Å². The highest BCUT2D eigenvalue weighted by Gasteiger charge is 2.27. The summed E-state index contributed by atoms with van der Waals surface area (Å²) in [7, 11) is -2.45. The van der Waals surface area contributed by atoms with Crippen LogP contribution in [0.4, 0.5) is 5.69 Å². The molecule has 2 N–H and O–H groups in total. The first-order valence-corrected chi connectivity index (χ1v) is 7.15. The lowest BCUT2D eigenvalue weighted by atomic mass is 10.3. The maximum absolute atomic E-state index is 12.3. The summed E-state index contributed by atoms with van der Waals surface area (Å²) in [6.07, 6.45) is 0. The third-order valence-corrected chi connectivity index (χ3v) is 5.20. The normalized spacial score (nSPS) is 13.5. The van der Waals surface area contributed by atoms with Crippen molar-refractivity contribution in [1.29, 1.82) is 0 Å². The van der Waals surface area contributed by atoms with Gasteiger partial charge in [-0.1, -0.05) is 11.6 Å². The zero-order valence-corrected chi connectivity index (χ0v) is 12.0. The SMILES string of the molecule is CC(CN)N(C)S(=O)(=O)c1ccc([N+](=O)[O-])cc1Cl. The fraction of sp³-hybridized carbons (Fsp3) is 0.400. The Bertz CT molecular complexity index is 590. The van der Waals surface area contributed by atoms with Gasteiger partial charge in [0.2, 0.25) is 10.0 Å². The monoisotopic (exact) mass is 307 g/mol. The van der Waals surface area contributed by atoms with Crippen LogP contribution in [-0.4, -0.2) is 37.3 Å². The lowest BCUT2D eigenvalue weighted by Crippen LogP contribution is -2.39. The van der Waals surface area contributed by atoms with Gasteiger partial charge in [0.15, 0.2) is 0 Å². The van der Waals surface area contributed by atoms with E-state index in [1.165, 1.54) is 7.05 Å². The van der Waals surface area contributed by atoms with E-state index in [4.69, 9.17) is 17.3 Å². The van der Waals surface area contributed by atoms with Crippen molar-refractivity contribution in [3.8, 4) is 0 Å². The summed E-state index contributed by atoms with van der Waals surface area (Å²) in [6, 6.07) is 2.82. The maximum atomic E-state index is 12.3. The van der Waals surface area contributed by atoms with E-state index < -0.39 is 21.0 Å². The molecule has 0 saturated heterocycles. The molecule has 1 aromatic rings. The van der Waals surface area contributed by atoms with Crippen LogP contribution in [-0.2, 0) is 10.0 Å². The molecule has 0 amide bonds. The maximum Gasteiger partial charge on any atom is 0.271 e. The molecule has 0 aliphatic rings. The van der Waals surface area contributed by atoms with Crippen LogP contribution in [0.2, 0.25) is 5.02 Å². The van der Waals surface area contributed by atoms with E-state index in [0.29, 0.717) is 0 Å². The molecule has 0 aliphatic carbocycles. The van der Waals surface area contributed by atoms with E-state index in [1.54, 1.807) is 6.92 Å². The van der Waals surface area contributed by atoms with Crippen molar-refractivity contribution < 1.29 is 13.3 Å². The second-order valence-corrected chi connectivity index (χ2v) is 6.35. The second kappa shape index (κ2) is 5.83. The van der Waals surface area contributed by atoms with Gasteiger partial charge in [-0.15, -0.1) is 0 Å². The van der Waals surface area contributed by atoms with Gasteiger partial charge in [0.1, 0.15) is 4.90 Å². The van der Waals surface area contributed by atoms with Crippen LogP contribution in [0.1, 0.15) is 6.92 Å². The van der Waals surface area contributed by atoms with E-state index in [0.717, 1.165) is 22.5 Å². The van der Waals surface area contributed by atoms with Gasteiger partial charge in [0.05, 0.1) is 9.95 Å². The number of nitro benzene ring substituents is 1. The van der Waals surface area contributed by atoms with Crippen LogP contribution in [0.3, 0.4) is 0 Å². The van der Waals surface area contributed by atoms with Crippen molar-refractivity contribution in [3.05, 3.63) is 33.3 Å². The number of halogens is 1. The lowest BCUT2D eigenvalue weighted by Gasteiger charge is -2.23. The molecule has 1 atom stereocenters. The van der Waals surface area contributed by atoms with Crippen molar-refractivity contribution in [1.82, 2.24) is 4.31 Å². The smallest absolute Gasteiger partial charge is 0.271 e. The van der Waals surface area contributed by atoms with Crippen molar-refractivity contribution in [2.45, 2.75) is 17.9 Å². The largest absolute Gasteiger partial charge is 0.329 e. The van der Waals surface area contributed by atoms with Crippen molar-refractivity contribution in [3.63, 3.8) is 0 Å². The highest BCUT2D eigenvalue weighted by Crippen LogP contribution is 2.28. The molecule has 1 rings (SSSR count). The van der Waals surface area contributed by atoms with Gasteiger partial charge >= 0.3 is 0 Å². The zero-order valence-electron chi connectivity index (χ0n) is 10.4.